The predicted molar refractivity (Wildman–Crippen MR) is 147 cm³/mol. The van der Waals surface area contributed by atoms with Gasteiger partial charge >= 0.3 is 0 Å². The Morgan fingerprint density at radius 1 is 0.972 bits per heavy atom. The van der Waals surface area contributed by atoms with Crippen molar-refractivity contribution in [2.75, 3.05) is 13.1 Å². The molecular weight excluding hydrogens is 492 g/mol. The van der Waals surface area contributed by atoms with Crippen LogP contribution in [0.25, 0.3) is 5.57 Å². The van der Waals surface area contributed by atoms with Crippen molar-refractivity contribution in [2.45, 2.75) is 12.8 Å². The molecule has 5 nitrogen and oxygen atoms in total. The second-order valence-corrected chi connectivity index (χ2v) is 9.81. The minimum absolute atomic E-state index is 0.0448. The fraction of sp³-hybridized carbons (Fsp3) is 0.138. The summed E-state index contributed by atoms with van der Waals surface area (Å²) < 4.78 is 0. The normalized spacial score (nSPS) is 12.2. The lowest BCUT2D eigenvalue weighted by Crippen LogP contribution is -2.34. The van der Waals surface area contributed by atoms with Crippen LogP contribution in [-0.4, -0.2) is 28.8 Å². The van der Waals surface area contributed by atoms with E-state index in [2.05, 4.69) is 31.2 Å². The summed E-state index contributed by atoms with van der Waals surface area (Å²) in [6.45, 7) is 2.93. The molecule has 0 aliphatic rings. The number of nitrogens with zero attached hydrogens (tertiary/aromatic N) is 2. The van der Waals surface area contributed by atoms with Crippen molar-refractivity contribution in [3.63, 3.8) is 0 Å². The second kappa shape index (κ2) is 11.8. The Balaban J connectivity index is 1.66. The molecule has 7 heteroatoms. The molecule has 0 aliphatic carbocycles. The number of hydrogen-bond acceptors (Lipinski definition) is 4. The van der Waals surface area contributed by atoms with E-state index in [1.54, 1.807) is 16.2 Å². The zero-order valence-electron chi connectivity index (χ0n) is 19.7. The molecular formula is C29H25ClN2O3S. The van der Waals surface area contributed by atoms with Gasteiger partial charge in [-0.25, -0.2) is 0 Å². The van der Waals surface area contributed by atoms with Gasteiger partial charge in [-0.05, 0) is 58.3 Å². The highest BCUT2D eigenvalue weighted by Gasteiger charge is 2.20. The number of carbonyl (C=O) groups is 1. The van der Waals surface area contributed by atoms with Gasteiger partial charge in [-0.3, -0.25) is 14.9 Å². The Morgan fingerprint density at radius 2 is 1.67 bits per heavy atom. The average Bonchev–Trinajstić information content (AvgIpc) is 3.43. The van der Waals surface area contributed by atoms with Crippen molar-refractivity contribution < 1.29 is 9.72 Å². The van der Waals surface area contributed by atoms with Crippen LogP contribution in [0, 0.1) is 10.1 Å². The zero-order chi connectivity index (χ0) is 25.5. The van der Waals surface area contributed by atoms with Gasteiger partial charge in [-0.15, -0.1) is 11.3 Å². The van der Waals surface area contributed by atoms with E-state index in [-0.39, 0.29) is 17.5 Å². The van der Waals surface area contributed by atoms with Crippen LogP contribution in [0.1, 0.15) is 39.2 Å². The van der Waals surface area contributed by atoms with Gasteiger partial charge in [-0.2, -0.15) is 0 Å². The van der Waals surface area contributed by atoms with E-state index in [0.717, 1.165) is 21.6 Å². The van der Waals surface area contributed by atoms with E-state index in [0.29, 0.717) is 23.7 Å². The molecule has 1 amide bonds. The van der Waals surface area contributed by atoms with Crippen molar-refractivity contribution >= 4 is 40.1 Å². The third-order valence-electron chi connectivity index (χ3n) is 5.93. The molecule has 0 radical (unpaired) electrons. The van der Waals surface area contributed by atoms with Gasteiger partial charge < -0.3 is 4.90 Å². The highest BCUT2D eigenvalue weighted by Crippen LogP contribution is 2.28. The number of rotatable bonds is 9. The molecule has 0 fully saturated rings. The minimum atomic E-state index is -0.468. The predicted octanol–water partition coefficient (Wildman–Crippen LogP) is 7.69. The number of carbonyl (C=O) groups excluding carboxylic acids is 1. The lowest BCUT2D eigenvalue weighted by Gasteiger charge is -2.26. The highest BCUT2D eigenvalue weighted by atomic mass is 35.5. The summed E-state index contributed by atoms with van der Waals surface area (Å²) in [6, 6.07) is 27.6. The molecule has 4 rings (SSSR count). The first-order chi connectivity index (χ1) is 17.4. The van der Waals surface area contributed by atoms with Crippen molar-refractivity contribution in [3.8, 4) is 0 Å². The second-order valence-electron chi connectivity index (χ2n) is 8.43. The van der Waals surface area contributed by atoms with Crippen LogP contribution >= 0.6 is 22.9 Å². The van der Waals surface area contributed by atoms with Crippen LogP contribution in [-0.2, 0) is 0 Å². The number of halogens is 1. The summed E-state index contributed by atoms with van der Waals surface area (Å²) in [4.78, 5) is 27.1. The molecule has 0 saturated heterocycles. The van der Waals surface area contributed by atoms with E-state index in [1.807, 2.05) is 53.9 Å². The Kier molecular flexibility index (Phi) is 8.31. The largest absolute Gasteiger partial charge is 0.334 e. The Morgan fingerprint density at radius 3 is 2.28 bits per heavy atom. The van der Waals surface area contributed by atoms with Gasteiger partial charge in [0.05, 0.1) is 4.92 Å². The fourth-order valence-corrected chi connectivity index (χ4v) is 4.90. The molecule has 1 heterocycles. The number of nitro groups is 1. The molecule has 0 bridgehead atoms. The molecule has 36 heavy (non-hydrogen) atoms. The van der Waals surface area contributed by atoms with Crippen LogP contribution in [0.5, 0.6) is 0 Å². The standard InChI is InChI=1S/C29H25ClN2O3S/c1-21(22-9-13-25(30)14-10-22)20-31(29(33)24-11-15-26(16-12-24)32(34)35)18-17-27(28-8-5-19-36-28)23-6-3-2-4-7-23/h2-17,19,21H,18,20H2,1H3/b27-17+. The maximum Gasteiger partial charge on any atom is 0.269 e. The van der Waals surface area contributed by atoms with Gasteiger partial charge in [0.2, 0.25) is 0 Å². The molecule has 1 unspecified atom stereocenters. The van der Waals surface area contributed by atoms with Crippen molar-refractivity contribution in [2.24, 2.45) is 0 Å². The van der Waals surface area contributed by atoms with E-state index in [9.17, 15) is 14.9 Å². The first-order valence-electron chi connectivity index (χ1n) is 11.5. The number of hydrogen-bond donors (Lipinski definition) is 0. The molecule has 0 aliphatic heterocycles. The van der Waals surface area contributed by atoms with Gasteiger partial charge in [0.25, 0.3) is 11.6 Å². The maximum atomic E-state index is 13.6. The van der Waals surface area contributed by atoms with Crippen LogP contribution in [0.3, 0.4) is 0 Å². The fourth-order valence-electron chi connectivity index (χ4n) is 3.99. The molecule has 1 aromatic heterocycles. The van der Waals surface area contributed by atoms with E-state index < -0.39 is 4.92 Å². The quantitative estimate of drug-likeness (QED) is 0.169. The van der Waals surface area contributed by atoms with Gasteiger partial charge in [0, 0.05) is 40.7 Å². The topological polar surface area (TPSA) is 63.5 Å². The Labute approximate surface area is 219 Å². The van der Waals surface area contributed by atoms with Crippen molar-refractivity contribution in [1.82, 2.24) is 4.90 Å². The summed E-state index contributed by atoms with van der Waals surface area (Å²) in [5, 5.41) is 13.8. The zero-order valence-corrected chi connectivity index (χ0v) is 21.3. The summed E-state index contributed by atoms with van der Waals surface area (Å²) in [7, 11) is 0. The smallest absolute Gasteiger partial charge is 0.269 e. The van der Waals surface area contributed by atoms with Crippen LogP contribution in [0.15, 0.2) is 102 Å². The summed E-state index contributed by atoms with van der Waals surface area (Å²) in [5.41, 5.74) is 3.58. The van der Waals surface area contributed by atoms with E-state index in [4.69, 9.17) is 11.6 Å². The highest BCUT2D eigenvalue weighted by molar-refractivity contribution is 7.11. The molecule has 0 N–H and O–H groups in total. The summed E-state index contributed by atoms with van der Waals surface area (Å²) >= 11 is 7.71. The number of thiophene rings is 1. The minimum Gasteiger partial charge on any atom is -0.334 e. The maximum absolute atomic E-state index is 13.6. The number of non-ortho nitro benzene ring substituents is 1. The lowest BCUT2D eigenvalue weighted by molar-refractivity contribution is -0.384. The SMILES string of the molecule is CC(CN(C/C=C(\c1ccccc1)c1cccs1)C(=O)c1ccc([N+](=O)[O-])cc1)c1ccc(Cl)cc1. The monoisotopic (exact) mass is 516 g/mol. The van der Waals surface area contributed by atoms with E-state index in [1.165, 1.54) is 24.3 Å². The van der Waals surface area contributed by atoms with Crippen molar-refractivity contribution in [3.05, 3.63) is 139 Å². The first-order valence-corrected chi connectivity index (χ1v) is 12.8. The van der Waals surface area contributed by atoms with Gasteiger partial charge in [0.15, 0.2) is 0 Å². The van der Waals surface area contributed by atoms with Crippen LogP contribution in [0.4, 0.5) is 5.69 Å². The van der Waals surface area contributed by atoms with Crippen molar-refractivity contribution in [1.29, 1.82) is 0 Å². The van der Waals surface area contributed by atoms with E-state index >= 15 is 0 Å². The average molecular weight is 517 g/mol. The third kappa shape index (κ3) is 6.27. The molecule has 3 aromatic carbocycles. The number of benzene rings is 3. The Hall–Kier alpha value is -3.74. The Bertz CT molecular complexity index is 1340. The van der Waals surface area contributed by atoms with Crippen LogP contribution in [0.2, 0.25) is 5.02 Å². The molecule has 0 spiro atoms. The number of amides is 1. The van der Waals surface area contributed by atoms with Crippen LogP contribution < -0.4 is 0 Å². The van der Waals surface area contributed by atoms with Gasteiger partial charge in [-0.1, -0.05) is 73.1 Å². The lowest BCUT2D eigenvalue weighted by atomic mass is 9.99. The first kappa shape index (κ1) is 25.4. The number of nitro benzene ring substituents is 1. The molecule has 0 saturated carbocycles. The van der Waals surface area contributed by atoms with Gasteiger partial charge in [0.1, 0.15) is 0 Å². The molecule has 4 aromatic rings. The summed E-state index contributed by atoms with van der Waals surface area (Å²) in [5.74, 6) is -0.125. The third-order valence-corrected chi connectivity index (χ3v) is 7.09. The summed E-state index contributed by atoms with van der Waals surface area (Å²) in [6.07, 6.45) is 2.08. The molecule has 1 atom stereocenters. The molecule has 182 valence electrons.